The summed E-state index contributed by atoms with van der Waals surface area (Å²) in [4.78, 5) is 14.4. The van der Waals surface area contributed by atoms with Crippen LogP contribution in [0.25, 0.3) is 0 Å². The summed E-state index contributed by atoms with van der Waals surface area (Å²) in [5, 5.41) is 4.31. The second-order valence-electron chi connectivity index (χ2n) is 6.23. The highest BCUT2D eigenvalue weighted by Gasteiger charge is 2.16. The summed E-state index contributed by atoms with van der Waals surface area (Å²) in [6.07, 6.45) is 2.36. The van der Waals surface area contributed by atoms with Gasteiger partial charge >= 0.3 is 0 Å². The van der Waals surface area contributed by atoms with Gasteiger partial charge in [0.1, 0.15) is 5.75 Å². The van der Waals surface area contributed by atoms with E-state index in [-0.39, 0.29) is 12.5 Å². The van der Waals surface area contributed by atoms with Crippen LogP contribution in [0.3, 0.4) is 0 Å². The zero-order chi connectivity index (χ0) is 18.7. The quantitative estimate of drug-likeness (QED) is 0.696. The Labute approximate surface area is 168 Å². The highest BCUT2D eigenvalue weighted by molar-refractivity contribution is 6.35. The second-order valence-corrected chi connectivity index (χ2v) is 7.48. The molecule has 0 bridgehead atoms. The molecular formula is C19H19Cl3N2O2. The van der Waals surface area contributed by atoms with Gasteiger partial charge in [0.2, 0.25) is 0 Å². The van der Waals surface area contributed by atoms with Crippen molar-refractivity contribution in [3.8, 4) is 5.75 Å². The van der Waals surface area contributed by atoms with Gasteiger partial charge in [0.05, 0.1) is 15.7 Å². The molecule has 7 heteroatoms. The van der Waals surface area contributed by atoms with Crippen LogP contribution < -0.4 is 15.0 Å². The van der Waals surface area contributed by atoms with E-state index in [4.69, 9.17) is 39.5 Å². The topological polar surface area (TPSA) is 41.6 Å². The van der Waals surface area contributed by atoms with E-state index in [9.17, 15) is 4.79 Å². The van der Waals surface area contributed by atoms with Gasteiger partial charge in [-0.15, -0.1) is 0 Å². The third-order valence-corrected chi connectivity index (χ3v) is 5.02. The van der Waals surface area contributed by atoms with E-state index >= 15 is 0 Å². The molecule has 2 aromatic carbocycles. The van der Waals surface area contributed by atoms with E-state index in [1.165, 1.54) is 12.8 Å². The molecule has 138 valence electrons. The summed E-state index contributed by atoms with van der Waals surface area (Å²) in [5.41, 5.74) is 2.40. The molecule has 0 atom stereocenters. The lowest BCUT2D eigenvalue weighted by molar-refractivity contribution is -0.118. The van der Waals surface area contributed by atoms with Crippen molar-refractivity contribution in [1.82, 2.24) is 0 Å². The van der Waals surface area contributed by atoms with E-state index in [2.05, 4.69) is 10.2 Å². The fourth-order valence-corrected chi connectivity index (χ4v) is 3.96. The van der Waals surface area contributed by atoms with E-state index in [0.717, 1.165) is 24.3 Å². The monoisotopic (exact) mass is 412 g/mol. The molecule has 2 aromatic rings. The number of anilines is 2. The van der Waals surface area contributed by atoms with Gasteiger partial charge in [-0.25, -0.2) is 0 Å². The van der Waals surface area contributed by atoms with Crippen molar-refractivity contribution in [2.45, 2.75) is 19.8 Å². The molecule has 1 saturated heterocycles. The third kappa shape index (κ3) is 4.56. The van der Waals surface area contributed by atoms with Crippen molar-refractivity contribution in [3.05, 3.63) is 51.0 Å². The Balaban J connectivity index is 1.61. The molecule has 0 unspecified atom stereocenters. The molecule has 0 aromatic heterocycles. The number of halogens is 3. The zero-order valence-corrected chi connectivity index (χ0v) is 16.6. The lowest BCUT2D eigenvalue weighted by Crippen LogP contribution is -2.21. The number of nitrogens with zero attached hydrogens (tertiary/aromatic N) is 1. The van der Waals surface area contributed by atoms with Crippen molar-refractivity contribution in [1.29, 1.82) is 0 Å². The molecule has 1 fully saturated rings. The van der Waals surface area contributed by atoms with Gasteiger partial charge in [-0.05, 0) is 55.7 Å². The van der Waals surface area contributed by atoms with Crippen LogP contribution in [-0.2, 0) is 4.79 Å². The van der Waals surface area contributed by atoms with Gasteiger partial charge in [-0.3, -0.25) is 4.79 Å². The molecule has 1 aliphatic rings. The first kappa shape index (κ1) is 19.2. The average Bonchev–Trinajstić information content (AvgIpc) is 3.08. The van der Waals surface area contributed by atoms with E-state index in [1.54, 1.807) is 18.2 Å². The maximum atomic E-state index is 12.2. The number of aryl methyl sites for hydroxylation is 1. The normalized spacial score (nSPS) is 13.8. The Kier molecular flexibility index (Phi) is 6.17. The van der Waals surface area contributed by atoms with Gasteiger partial charge in [-0.2, -0.15) is 0 Å². The predicted molar refractivity (Wildman–Crippen MR) is 108 cm³/mol. The fourth-order valence-electron chi connectivity index (χ4n) is 3.01. The van der Waals surface area contributed by atoms with Gasteiger partial charge in [0, 0.05) is 23.8 Å². The summed E-state index contributed by atoms with van der Waals surface area (Å²) in [6, 6.07) is 8.85. The van der Waals surface area contributed by atoms with Crippen LogP contribution in [0.15, 0.2) is 30.3 Å². The van der Waals surface area contributed by atoms with Crippen molar-refractivity contribution < 1.29 is 9.53 Å². The number of nitrogens with one attached hydrogen (secondary N) is 1. The van der Waals surface area contributed by atoms with Crippen LogP contribution >= 0.6 is 34.8 Å². The molecule has 1 heterocycles. The summed E-state index contributed by atoms with van der Waals surface area (Å²) < 4.78 is 5.55. The van der Waals surface area contributed by atoms with Crippen LogP contribution in [-0.4, -0.2) is 25.6 Å². The number of ether oxygens (including phenoxy) is 1. The SMILES string of the molecule is Cc1cc(Cl)cc(Cl)c1OCC(=O)Nc1ccc(N2CCCC2)c(Cl)c1. The Bertz CT molecular complexity index is 797. The molecule has 3 rings (SSSR count). The van der Waals surface area contributed by atoms with Gasteiger partial charge in [0.25, 0.3) is 5.91 Å². The molecule has 1 N–H and O–H groups in total. The first-order valence-electron chi connectivity index (χ1n) is 8.37. The molecule has 1 aliphatic heterocycles. The van der Waals surface area contributed by atoms with Gasteiger partial charge in [-0.1, -0.05) is 34.8 Å². The lowest BCUT2D eigenvalue weighted by atomic mass is 10.2. The molecular weight excluding hydrogens is 395 g/mol. The smallest absolute Gasteiger partial charge is 0.262 e. The number of carbonyl (C=O) groups excluding carboxylic acids is 1. The average molecular weight is 414 g/mol. The minimum atomic E-state index is -0.291. The maximum absolute atomic E-state index is 12.2. The minimum absolute atomic E-state index is 0.159. The largest absolute Gasteiger partial charge is 0.482 e. The van der Waals surface area contributed by atoms with E-state index in [0.29, 0.717) is 26.5 Å². The molecule has 0 radical (unpaired) electrons. The van der Waals surface area contributed by atoms with Crippen LogP contribution in [0.2, 0.25) is 15.1 Å². The minimum Gasteiger partial charge on any atom is -0.482 e. The molecule has 0 aliphatic carbocycles. The Hall–Kier alpha value is -1.62. The van der Waals surface area contributed by atoms with E-state index in [1.807, 2.05) is 19.1 Å². The van der Waals surface area contributed by atoms with Crippen molar-refractivity contribution >= 4 is 52.1 Å². The Morgan fingerprint density at radius 3 is 2.50 bits per heavy atom. The Morgan fingerprint density at radius 1 is 1.12 bits per heavy atom. The van der Waals surface area contributed by atoms with Crippen molar-refractivity contribution in [2.75, 3.05) is 29.9 Å². The highest BCUT2D eigenvalue weighted by atomic mass is 35.5. The van der Waals surface area contributed by atoms with Crippen LogP contribution in [0.1, 0.15) is 18.4 Å². The third-order valence-electron chi connectivity index (χ3n) is 4.22. The molecule has 1 amide bonds. The van der Waals surface area contributed by atoms with Crippen molar-refractivity contribution in [2.24, 2.45) is 0 Å². The number of amides is 1. The van der Waals surface area contributed by atoms with E-state index < -0.39 is 0 Å². The predicted octanol–water partition coefficient (Wildman–Crippen LogP) is 5.57. The summed E-state index contributed by atoms with van der Waals surface area (Å²) in [5.74, 6) is 0.161. The van der Waals surface area contributed by atoms with Crippen molar-refractivity contribution in [3.63, 3.8) is 0 Å². The second kappa shape index (κ2) is 8.38. The van der Waals surface area contributed by atoms with Gasteiger partial charge in [0.15, 0.2) is 6.61 Å². The summed E-state index contributed by atoms with van der Waals surface area (Å²) >= 11 is 18.4. The molecule has 4 nitrogen and oxygen atoms in total. The zero-order valence-electron chi connectivity index (χ0n) is 14.3. The summed E-state index contributed by atoms with van der Waals surface area (Å²) in [7, 11) is 0. The van der Waals surface area contributed by atoms with Crippen LogP contribution in [0.4, 0.5) is 11.4 Å². The maximum Gasteiger partial charge on any atom is 0.262 e. The van der Waals surface area contributed by atoms with Crippen LogP contribution in [0.5, 0.6) is 5.75 Å². The lowest BCUT2D eigenvalue weighted by Gasteiger charge is -2.19. The number of rotatable bonds is 5. The number of hydrogen-bond donors (Lipinski definition) is 1. The standard InChI is InChI=1S/C19H19Cl3N2O2/c1-12-8-13(20)9-16(22)19(12)26-11-18(25)23-14-4-5-17(15(21)10-14)24-6-2-3-7-24/h4-5,8-10H,2-3,6-7,11H2,1H3,(H,23,25). The molecule has 26 heavy (non-hydrogen) atoms. The molecule has 0 saturated carbocycles. The fraction of sp³-hybridized carbons (Fsp3) is 0.316. The number of hydrogen-bond acceptors (Lipinski definition) is 3. The van der Waals surface area contributed by atoms with Crippen LogP contribution in [0, 0.1) is 6.92 Å². The Morgan fingerprint density at radius 2 is 1.85 bits per heavy atom. The number of carbonyl (C=O) groups is 1. The first-order valence-corrected chi connectivity index (χ1v) is 9.50. The highest BCUT2D eigenvalue weighted by Crippen LogP contribution is 2.32. The first-order chi connectivity index (χ1) is 12.4. The molecule has 0 spiro atoms. The number of benzene rings is 2. The summed E-state index contributed by atoms with van der Waals surface area (Å²) in [6.45, 7) is 3.69. The van der Waals surface area contributed by atoms with Gasteiger partial charge < -0.3 is 15.0 Å².